The highest BCUT2D eigenvalue weighted by Crippen LogP contribution is 2.40. The van der Waals surface area contributed by atoms with Crippen LogP contribution in [0.4, 0.5) is 11.4 Å². The Kier molecular flexibility index (Phi) is 3.75. The molecule has 2 rings (SSSR count). The van der Waals surface area contributed by atoms with E-state index in [1.807, 2.05) is 0 Å². The summed E-state index contributed by atoms with van der Waals surface area (Å²) in [7, 11) is 0. The van der Waals surface area contributed by atoms with E-state index < -0.39 is 10.9 Å². The molecule has 1 aromatic rings. The lowest BCUT2D eigenvalue weighted by Crippen LogP contribution is -2.36. The van der Waals surface area contributed by atoms with Crippen LogP contribution in [-0.4, -0.2) is 30.1 Å². The Labute approximate surface area is 113 Å². The van der Waals surface area contributed by atoms with Crippen molar-refractivity contribution in [2.75, 3.05) is 18.5 Å². The molecule has 0 aromatic heterocycles. The van der Waals surface area contributed by atoms with Gasteiger partial charge in [0.2, 0.25) is 5.75 Å². The fourth-order valence-electron chi connectivity index (χ4n) is 1.73. The number of hydrogen-bond acceptors (Lipinski definition) is 6. The van der Waals surface area contributed by atoms with Gasteiger partial charge in [-0.15, -0.1) is 0 Å². The van der Waals surface area contributed by atoms with E-state index in [1.165, 1.54) is 19.1 Å². The Balaban J connectivity index is 2.21. The van der Waals surface area contributed by atoms with Crippen LogP contribution < -0.4 is 10.1 Å². The molecule has 19 heavy (non-hydrogen) atoms. The number of fused-ring (bicyclic) bond motifs is 1. The topological polar surface area (TPSA) is 90.7 Å². The summed E-state index contributed by atoms with van der Waals surface area (Å²) in [5.41, 5.74) is 0.225. The zero-order chi connectivity index (χ0) is 14.0. The summed E-state index contributed by atoms with van der Waals surface area (Å²) in [4.78, 5) is 21.1. The van der Waals surface area contributed by atoms with E-state index in [2.05, 4.69) is 5.32 Å². The number of carbonyl (C=O) groups is 1. The lowest BCUT2D eigenvalue weighted by molar-refractivity contribution is -0.385. The number of nitro benzene ring substituents is 1. The molecule has 0 aliphatic carbocycles. The van der Waals surface area contributed by atoms with E-state index in [0.29, 0.717) is 5.69 Å². The highest BCUT2D eigenvalue weighted by atomic mass is 35.5. The van der Waals surface area contributed by atoms with Gasteiger partial charge in [0, 0.05) is 18.0 Å². The Hall–Kier alpha value is -2.02. The first-order chi connectivity index (χ1) is 8.97. The second-order valence-electron chi connectivity index (χ2n) is 4.01. The first-order valence-corrected chi connectivity index (χ1v) is 5.86. The number of anilines is 1. The van der Waals surface area contributed by atoms with Crippen molar-refractivity contribution in [1.29, 1.82) is 0 Å². The van der Waals surface area contributed by atoms with E-state index >= 15 is 0 Å². The molecule has 0 radical (unpaired) electrons. The van der Waals surface area contributed by atoms with Gasteiger partial charge in [-0.1, -0.05) is 11.6 Å². The van der Waals surface area contributed by atoms with E-state index in [4.69, 9.17) is 21.1 Å². The van der Waals surface area contributed by atoms with Crippen LogP contribution in [0.3, 0.4) is 0 Å². The van der Waals surface area contributed by atoms with Crippen molar-refractivity contribution in [2.24, 2.45) is 0 Å². The normalized spacial score (nSPS) is 16.8. The van der Waals surface area contributed by atoms with Crippen molar-refractivity contribution in [2.45, 2.75) is 13.0 Å². The molecule has 1 heterocycles. The van der Waals surface area contributed by atoms with Gasteiger partial charge in [-0.3, -0.25) is 14.9 Å². The van der Waals surface area contributed by atoms with Gasteiger partial charge >= 0.3 is 11.7 Å². The average molecular weight is 287 g/mol. The second kappa shape index (κ2) is 5.31. The molecule has 102 valence electrons. The highest BCUT2D eigenvalue weighted by Gasteiger charge is 2.28. The summed E-state index contributed by atoms with van der Waals surface area (Å²) >= 11 is 5.82. The number of rotatable bonds is 3. The summed E-state index contributed by atoms with van der Waals surface area (Å²) in [6.45, 7) is 1.59. The Morgan fingerprint density at radius 1 is 1.68 bits per heavy atom. The summed E-state index contributed by atoms with van der Waals surface area (Å²) in [6.07, 6.45) is 0. The molecule has 8 heteroatoms. The van der Waals surface area contributed by atoms with Crippen LogP contribution in [0.5, 0.6) is 5.75 Å². The molecule has 0 amide bonds. The molecular formula is C11H11ClN2O5. The second-order valence-corrected chi connectivity index (χ2v) is 4.45. The number of ether oxygens (including phenoxy) is 2. The van der Waals surface area contributed by atoms with Gasteiger partial charge in [0.15, 0.2) is 0 Å². The summed E-state index contributed by atoms with van der Waals surface area (Å²) in [5.74, 6) is -0.252. The van der Waals surface area contributed by atoms with Crippen molar-refractivity contribution in [3.05, 3.63) is 27.3 Å². The molecule has 0 fully saturated rings. The van der Waals surface area contributed by atoms with Crippen molar-refractivity contribution >= 4 is 28.9 Å². The van der Waals surface area contributed by atoms with Gasteiger partial charge in [0.05, 0.1) is 16.7 Å². The maximum absolute atomic E-state index is 10.9. The number of nitrogens with one attached hydrogen (secondary N) is 1. The molecule has 7 nitrogen and oxygen atoms in total. The fraction of sp³-hybridized carbons (Fsp3) is 0.364. The Morgan fingerprint density at radius 2 is 2.42 bits per heavy atom. The molecular weight excluding hydrogens is 276 g/mol. The summed E-state index contributed by atoms with van der Waals surface area (Å²) in [5, 5.41) is 14.1. The van der Waals surface area contributed by atoms with Crippen molar-refractivity contribution in [3.8, 4) is 5.75 Å². The molecule has 0 saturated carbocycles. The quantitative estimate of drug-likeness (QED) is 0.519. The minimum absolute atomic E-state index is 0.120. The third kappa shape index (κ3) is 3.05. The summed E-state index contributed by atoms with van der Waals surface area (Å²) < 4.78 is 10.2. The molecule has 1 aliphatic heterocycles. The number of esters is 1. The third-order valence-corrected chi connectivity index (χ3v) is 2.73. The minimum atomic E-state index is -0.557. The van der Waals surface area contributed by atoms with E-state index in [9.17, 15) is 14.9 Å². The first kappa shape index (κ1) is 13.4. The van der Waals surface area contributed by atoms with Crippen LogP contribution >= 0.6 is 11.6 Å². The lowest BCUT2D eigenvalue weighted by Gasteiger charge is -2.26. The molecule has 0 bridgehead atoms. The van der Waals surface area contributed by atoms with Gasteiger partial charge in [0.25, 0.3) is 0 Å². The van der Waals surface area contributed by atoms with Gasteiger partial charge < -0.3 is 14.8 Å². The van der Waals surface area contributed by atoms with Crippen molar-refractivity contribution < 1.29 is 19.2 Å². The number of halogens is 1. The predicted octanol–water partition coefficient (Wildman–Crippen LogP) is 1.98. The molecule has 1 aromatic carbocycles. The SMILES string of the molecule is CC(=O)OCC1COc2c(cc(Cl)cc2[N+](=O)[O-])N1. The van der Waals surface area contributed by atoms with Gasteiger partial charge in [0.1, 0.15) is 13.2 Å². The maximum Gasteiger partial charge on any atom is 0.314 e. The van der Waals surface area contributed by atoms with Gasteiger partial charge in [-0.05, 0) is 6.07 Å². The Morgan fingerprint density at radius 3 is 3.05 bits per heavy atom. The standard InChI is InChI=1S/C11H11ClN2O5/c1-6(15)18-4-8-5-19-11-9(13-8)2-7(12)3-10(11)14(16)17/h2-3,8,13H,4-5H2,1H3. The number of nitrogens with zero attached hydrogens (tertiary/aromatic N) is 1. The van der Waals surface area contributed by atoms with Crippen molar-refractivity contribution in [1.82, 2.24) is 0 Å². The summed E-state index contributed by atoms with van der Waals surface area (Å²) in [6, 6.07) is 2.49. The van der Waals surface area contributed by atoms with E-state index in [1.54, 1.807) is 0 Å². The highest BCUT2D eigenvalue weighted by molar-refractivity contribution is 6.31. The largest absolute Gasteiger partial charge is 0.483 e. The number of benzene rings is 1. The smallest absolute Gasteiger partial charge is 0.314 e. The van der Waals surface area contributed by atoms with Crippen LogP contribution in [0.25, 0.3) is 0 Å². The van der Waals surface area contributed by atoms with E-state index in [0.717, 1.165) is 0 Å². The van der Waals surface area contributed by atoms with E-state index in [-0.39, 0.29) is 35.7 Å². The molecule has 1 aliphatic rings. The number of hydrogen-bond donors (Lipinski definition) is 1. The van der Waals surface area contributed by atoms with Gasteiger partial charge in [-0.2, -0.15) is 0 Å². The van der Waals surface area contributed by atoms with Crippen LogP contribution in [0.1, 0.15) is 6.92 Å². The molecule has 0 spiro atoms. The lowest BCUT2D eigenvalue weighted by atomic mass is 10.2. The van der Waals surface area contributed by atoms with Crippen LogP contribution in [-0.2, 0) is 9.53 Å². The zero-order valence-electron chi connectivity index (χ0n) is 10.0. The first-order valence-electron chi connectivity index (χ1n) is 5.48. The minimum Gasteiger partial charge on any atom is -0.483 e. The fourth-order valence-corrected chi connectivity index (χ4v) is 1.94. The number of carbonyl (C=O) groups excluding carboxylic acids is 1. The van der Waals surface area contributed by atoms with Crippen LogP contribution in [0.15, 0.2) is 12.1 Å². The van der Waals surface area contributed by atoms with Crippen molar-refractivity contribution in [3.63, 3.8) is 0 Å². The monoisotopic (exact) mass is 286 g/mol. The Bertz CT molecular complexity index is 534. The van der Waals surface area contributed by atoms with Crippen LogP contribution in [0.2, 0.25) is 5.02 Å². The zero-order valence-corrected chi connectivity index (χ0v) is 10.8. The maximum atomic E-state index is 10.9. The molecule has 0 saturated heterocycles. The average Bonchev–Trinajstić information content (AvgIpc) is 2.34. The van der Waals surface area contributed by atoms with Gasteiger partial charge in [-0.25, -0.2) is 0 Å². The third-order valence-electron chi connectivity index (χ3n) is 2.51. The van der Waals surface area contributed by atoms with Crippen LogP contribution in [0, 0.1) is 10.1 Å². The molecule has 1 N–H and O–H groups in total. The predicted molar refractivity (Wildman–Crippen MR) is 67.6 cm³/mol. The molecule has 1 unspecified atom stereocenters. The molecule has 1 atom stereocenters. The number of nitro groups is 1.